The van der Waals surface area contributed by atoms with E-state index in [1.807, 2.05) is 0 Å². The summed E-state index contributed by atoms with van der Waals surface area (Å²) >= 11 is 17.4. The van der Waals surface area contributed by atoms with E-state index in [2.05, 4.69) is 5.16 Å². The van der Waals surface area contributed by atoms with Gasteiger partial charge in [0.2, 0.25) is 0 Å². The second-order valence-corrected chi connectivity index (χ2v) is 7.41. The Hall–Kier alpha value is -2.62. The predicted molar refractivity (Wildman–Crippen MR) is 119 cm³/mol. The number of carboxylic acid groups (broad SMARTS) is 1. The Morgan fingerprint density at radius 3 is 2.36 bits per heavy atom. The number of oxime groups is 1. The second-order valence-electron chi connectivity index (χ2n) is 6.19. The van der Waals surface area contributed by atoms with Crippen LogP contribution in [0.5, 0.6) is 11.5 Å². The normalized spacial score (nSPS) is 12.5. The van der Waals surface area contributed by atoms with Gasteiger partial charge in [-0.1, -0.05) is 64.2 Å². The van der Waals surface area contributed by atoms with Crippen molar-refractivity contribution in [2.24, 2.45) is 5.16 Å². The standard InChI is InChI=1S/C21H17Cl3F3NO5/c1-2-33-28-18(20(29)30)14-6-4-3-5-12(14)11-32-13-9-15(22)19(16(23)10-13)31-8-7-17(24)21(25,26)27/h3-7,9-10H,2,8,11H2,1H3,(H,29,30). The average Bonchev–Trinajstić information content (AvgIpc) is 2.74. The van der Waals surface area contributed by atoms with E-state index < -0.39 is 23.8 Å². The van der Waals surface area contributed by atoms with Gasteiger partial charge in [0.1, 0.15) is 30.6 Å². The van der Waals surface area contributed by atoms with Crippen LogP contribution in [0.3, 0.4) is 0 Å². The largest absolute Gasteiger partial charge is 0.489 e. The number of carboxylic acids is 1. The second kappa shape index (κ2) is 12.0. The molecule has 0 aliphatic heterocycles. The Kier molecular flexibility index (Phi) is 9.70. The smallest absolute Gasteiger partial charge is 0.426 e. The number of ether oxygens (including phenoxy) is 2. The SMILES string of the molecule is CCON=C(C(=O)O)c1ccccc1COc1cc(Cl)c(OCC=C(Cl)C(F)(F)F)c(Cl)c1. The molecule has 6 nitrogen and oxygen atoms in total. The van der Waals surface area contributed by atoms with Crippen LogP contribution < -0.4 is 9.47 Å². The Balaban J connectivity index is 2.17. The summed E-state index contributed by atoms with van der Waals surface area (Å²) in [5, 5.41) is 11.7. The lowest BCUT2D eigenvalue weighted by molar-refractivity contribution is -0.129. The first-order valence-corrected chi connectivity index (χ1v) is 10.4. The molecule has 0 fully saturated rings. The maximum Gasteiger partial charge on any atom is 0.426 e. The molecule has 0 saturated heterocycles. The molecule has 0 atom stereocenters. The molecule has 0 radical (unpaired) electrons. The molecule has 0 aromatic heterocycles. The lowest BCUT2D eigenvalue weighted by atomic mass is 10.0. The van der Waals surface area contributed by atoms with E-state index in [4.69, 9.17) is 49.1 Å². The van der Waals surface area contributed by atoms with Gasteiger partial charge in [0, 0.05) is 17.7 Å². The summed E-state index contributed by atoms with van der Waals surface area (Å²) in [7, 11) is 0. The molecule has 0 aliphatic carbocycles. The topological polar surface area (TPSA) is 77.4 Å². The van der Waals surface area contributed by atoms with Gasteiger partial charge in [0.05, 0.1) is 10.0 Å². The maximum absolute atomic E-state index is 12.4. The van der Waals surface area contributed by atoms with Crippen molar-refractivity contribution in [2.75, 3.05) is 13.2 Å². The van der Waals surface area contributed by atoms with Crippen molar-refractivity contribution < 1.29 is 37.4 Å². The number of alkyl halides is 3. The molecule has 0 heterocycles. The van der Waals surface area contributed by atoms with Gasteiger partial charge in [-0.25, -0.2) is 4.79 Å². The van der Waals surface area contributed by atoms with Gasteiger partial charge >= 0.3 is 12.1 Å². The molecule has 1 N–H and O–H groups in total. The van der Waals surface area contributed by atoms with E-state index in [-0.39, 0.29) is 40.5 Å². The number of hydrogen-bond donors (Lipinski definition) is 1. The molecular weight excluding hydrogens is 510 g/mol. The fraction of sp³-hybridized carbons (Fsp3) is 0.238. The average molecular weight is 527 g/mol. The van der Waals surface area contributed by atoms with Crippen molar-refractivity contribution in [3.8, 4) is 11.5 Å². The van der Waals surface area contributed by atoms with Gasteiger partial charge in [-0.2, -0.15) is 13.2 Å². The fourth-order valence-corrected chi connectivity index (χ4v) is 3.08. The molecule has 0 aliphatic rings. The molecule has 0 saturated carbocycles. The summed E-state index contributed by atoms with van der Waals surface area (Å²) in [6.07, 6.45) is -4.04. The zero-order valence-corrected chi connectivity index (χ0v) is 19.2. The van der Waals surface area contributed by atoms with Crippen molar-refractivity contribution in [1.29, 1.82) is 0 Å². The highest BCUT2D eigenvalue weighted by molar-refractivity contribution is 6.42. The van der Waals surface area contributed by atoms with Crippen LogP contribution in [-0.2, 0) is 16.2 Å². The van der Waals surface area contributed by atoms with E-state index in [0.717, 1.165) is 0 Å². The fourth-order valence-electron chi connectivity index (χ4n) is 2.44. The molecule has 0 spiro atoms. The van der Waals surface area contributed by atoms with E-state index in [1.54, 1.807) is 31.2 Å². The van der Waals surface area contributed by atoms with E-state index in [9.17, 15) is 23.1 Å². The van der Waals surface area contributed by atoms with Gasteiger partial charge in [0.25, 0.3) is 0 Å². The van der Waals surface area contributed by atoms with E-state index in [1.165, 1.54) is 12.1 Å². The van der Waals surface area contributed by atoms with Gasteiger partial charge in [-0.15, -0.1) is 0 Å². The number of carbonyl (C=O) groups is 1. The first-order valence-electron chi connectivity index (χ1n) is 9.23. The highest BCUT2D eigenvalue weighted by Gasteiger charge is 2.32. The van der Waals surface area contributed by atoms with Crippen molar-refractivity contribution >= 4 is 46.5 Å². The quantitative estimate of drug-likeness (QED) is 0.284. The minimum Gasteiger partial charge on any atom is -0.489 e. The monoisotopic (exact) mass is 525 g/mol. The Morgan fingerprint density at radius 2 is 1.79 bits per heavy atom. The third-order valence-electron chi connectivity index (χ3n) is 3.89. The summed E-state index contributed by atoms with van der Waals surface area (Å²) in [5.74, 6) is -1.11. The predicted octanol–water partition coefficient (Wildman–Crippen LogP) is 6.46. The molecule has 0 unspecified atom stereocenters. The van der Waals surface area contributed by atoms with Crippen molar-refractivity contribution in [3.63, 3.8) is 0 Å². The van der Waals surface area contributed by atoms with Crippen molar-refractivity contribution in [2.45, 2.75) is 19.7 Å². The third-order valence-corrected chi connectivity index (χ3v) is 4.82. The minimum atomic E-state index is -4.68. The molecule has 2 aromatic rings. The van der Waals surface area contributed by atoms with E-state index in [0.29, 0.717) is 17.2 Å². The van der Waals surface area contributed by atoms with Crippen LogP contribution in [0.4, 0.5) is 13.2 Å². The van der Waals surface area contributed by atoms with Crippen LogP contribution in [-0.4, -0.2) is 36.2 Å². The Labute approximate surface area is 202 Å². The lowest BCUT2D eigenvalue weighted by Crippen LogP contribution is -2.18. The molecular formula is C21H17Cl3F3NO5. The highest BCUT2D eigenvalue weighted by atomic mass is 35.5. The summed E-state index contributed by atoms with van der Waals surface area (Å²) in [4.78, 5) is 16.4. The lowest BCUT2D eigenvalue weighted by Gasteiger charge is -2.14. The number of benzene rings is 2. The number of allylic oxidation sites excluding steroid dienone is 1. The van der Waals surface area contributed by atoms with Crippen molar-refractivity contribution in [1.82, 2.24) is 0 Å². The van der Waals surface area contributed by atoms with Gasteiger partial charge in [-0.05, 0) is 18.6 Å². The minimum absolute atomic E-state index is 0.00792. The van der Waals surface area contributed by atoms with Crippen LogP contribution in [0.2, 0.25) is 10.0 Å². The zero-order chi connectivity index (χ0) is 24.6. The first kappa shape index (κ1) is 26.6. The Morgan fingerprint density at radius 1 is 1.15 bits per heavy atom. The van der Waals surface area contributed by atoms with Gasteiger partial charge in [0.15, 0.2) is 11.5 Å². The third kappa shape index (κ3) is 7.73. The summed E-state index contributed by atoms with van der Waals surface area (Å²) in [6.45, 7) is 1.28. The number of hydrogen-bond acceptors (Lipinski definition) is 5. The van der Waals surface area contributed by atoms with Crippen molar-refractivity contribution in [3.05, 3.63) is 68.7 Å². The van der Waals surface area contributed by atoms with Gasteiger partial charge < -0.3 is 19.4 Å². The molecule has 12 heteroatoms. The summed E-state index contributed by atoms with van der Waals surface area (Å²) < 4.78 is 48.1. The van der Waals surface area contributed by atoms with Crippen LogP contribution in [0, 0.1) is 0 Å². The van der Waals surface area contributed by atoms with Crippen LogP contribution in [0.25, 0.3) is 0 Å². The highest BCUT2D eigenvalue weighted by Crippen LogP contribution is 2.37. The number of rotatable bonds is 10. The number of aliphatic carboxylic acids is 1. The molecule has 178 valence electrons. The molecule has 33 heavy (non-hydrogen) atoms. The summed E-state index contributed by atoms with van der Waals surface area (Å²) in [6, 6.07) is 9.25. The number of nitrogens with zero attached hydrogens (tertiary/aromatic N) is 1. The summed E-state index contributed by atoms with van der Waals surface area (Å²) in [5.41, 5.74) is 0.503. The van der Waals surface area contributed by atoms with Crippen LogP contribution in [0.15, 0.2) is 52.7 Å². The van der Waals surface area contributed by atoms with Crippen LogP contribution >= 0.6 is 34.8 Å². The first-order chi connectivity index (χ1) is 15.5. The molecule has 0 bridgehead atoms. The zero-order valence-electron chi connectivity index (χ0n) is 17.0. The van der Waals surface area contributed by atoms with Gasteiger partial charge in [-0.3, -0.25) is 0 Å². The molecule has 2 rings (SSSR count). The van der Waals surface area contributed by atoms with Crippen LogP contribution in [0.1, 0.15) is 18.1 Å². The Bertz CT molecular complexity index is 1030. The maximum atomic E-state index is 12.4. The molecule has 2 aromatic carbocycles. The molecule has 0 amide bonds. The van der Waals surface area contributed by atoms with E-state index >= 15 is 0 Å². The number of halogens is 6.